The fourth-order valence-electron chi connectivity index (χ4n) is 5.22. The average molecular weight is 435 g/mol. The molecular formula is C25H23ClN2O3. The normalized spacial score (nSPS) is 26.1. The van der Waals surface area contributed by atoms with Crippen LogP contribution in [0.5, 0.6) is 0 Å². The molecule has 2 saturated heterocycles. The molecule has 2 aromatic rings. The zero-order valence-corrected chi connectivity index (χ0v) is 18.0. The maximum Gasteiger partial charge on any atom is 0.235 e. The van der Waals surface area contributed by atoms with Crippen LogP contribution in [-0.4, -0.2) is 41.1 Å². The van der Waals surface area contributed by atoms with E-state index in [0.29, 0.717) is 17.1 Å². The number of hydrogen-bond acceptors (Lipinski definition) is 4. The number of carbonyl (C=O) groups is 3. The Labute approximate surface area is 186 Å². The number of fused-ring (bicyclic) bond motifs is 5. The first-order valence-corrected chi connectivity index (χ1v) is 11.1. The third-order valence-electron chi connectivity index (χ3n) is 6.62. The van der Waals surface area contributed by atoms with Crippen molar-refractivity contribution in [1.29, 1.82) is 0 Å². The van der Waals surface area contributed by atoms with E-state index in [1.54, 1.807) is 18.2 Å². The van der Waals surface area contributed by atoms with Gasteiger partial charge in [0.15, 0.2) is 5.78 Å². The topological polar surface area (TPSA) is 57.7 Å². The Balaban J connectivity index is 1.63. The second kappa shape index (κ2) is 7.65. The molecule has 0 unspecified atom stereocenters. The Hall–Kier alpha value is -2.92. The largest absolute Gasteiger partial charge is 0.352 e. The second-order valence-electron chi connectivity index (χ2n) is 8.37. The molecule has 5 rings (SSSR count). The minimum Gasteiger partial charge on any atom is -0.352 e. The molecule has 0 saturated carbocycles. The Morgan fingerprint density at radius 3 is 2.52 bits per heavy atom. The molecule has 4 atom stereocenters. The Kier molecular flexibility index (Phi) is 4.94. The van der Waals surface area contributed by atoms with Crippen LogP contribution in [0.15, 0.2) is 54.6 Å². The number of halogens is 1. The van der Waals surface area contributed by atoms with Crippen molar-refractivity contribution in [3.63, 3.8) is 0 Å². The zero-order chi connectivity index (χ0) is 21.7. The minimum atomic E-state index is -0.731. The van der Waals surface area contributed by atoms with Gasteiger partial charge in [-0.2, -0.15) is 0 Å². The number of rotatable bonds is 5. The summed E-state index contributed by atoms with van der Waals surface area (Å²) < 4.78 is 0. The van der Waals surface area contributed by atoms with Crippen LogP contribution >= 0.6 is 11.6 Å². The number of hydrogen-bond donors (Lipinski definition) is 0. The summed E-state index contributed by atoms with van der Waals surface area (Å²) in [6, 6.07) is 13.5. The molecule has 0 spiro atoms. The lowest BCUT2D eigenvalue weighted by atomic mass is 9.86. The monoisotopic (exact) mass is 434 g/mol. The minimum absolute atomic E-state index is 0.132. The summed E-state index contributed by atoms with van der Waals surface area (Å²) in [6.07, 6.45) is 5.55. The molecule has 31 heavy (non-hydrogen) atoms. The number of nitrogens with zero attached hydrogens (tertiary/aromatic N) is 2. The molecule has 0 N–H and O–H groups in total. The van der Waals surface area contributed by atoms with E-state index in [1.165, 1.54) is 4.90 Å². The van der Waals surface area contributed by atoms with E-state index in [-0.39, 0.29) is 23.6 Å². The van der Waals surface area contributed by atoms with Gasteiger partial charge in [-0.05, 0) is 30.2 Å². The molecule has 0 bridgehead atoms. The lowest BCUT2D eigenvalue weighted by Crippen LogP contribution is -2.48. The van der Waals surface area contributed by atoms with Gasteiger partial charge in [0.2, 0.25) is 11.8 Å². The first kappa shape index (κ1) is 20.0. The number of ketones is 1. The molecule has 0 aromatic heterocycles. The van der Waals surface area contributed by atoms with Gasteiger partial charge < -0.3 is 4.90 Å². The van der Waals surface area contributed by atoms with Crippen molar-refractivity contribution >= 4 is 41.0 Å². The van der Waals surface area contributed by atoms with Gasteiger partial charge in [-0.3, -0.25) is 19.3 Å². The standard InChI is InChI=1S/C25H23ClN2O3/c1-2-3-13-27-24(30)20-19-11-9-16-14-17(26)10-12-18(16)28(19)22(21(20)25(27)31)23(29)15-7-5-4-6-8-15/h4-12,14,19-22H,2-3,13H2,1H3/t19-,20-,21-,22+/m1/s1. The van der Waals surface area contributed by atoms with Crippen molar-refractivity contribution in [3.05, 3.63) is 70.8 Å². The first-order valence-electron chi connectivity index (χ1n) is 10.7. The number of imide groups is 1. The number of anilines is 1. The Morgan fingerprint density at radius 1 is 1.03 bits per heavy atom. The molecule has 2 amide bonds. The lowest BCUT2D eigenvalue weighted by molar-refractivity contribution is -0.140. The van der Waals surface area contributed by atoms with E-state index in [0.717, 1.165) is 24.1 Å². The molecule has 5 nitrogen and oxygen atoms in total. The third-order valence-corrected chi connectivity index (χ3v) is 6.86. The molecular weight excluding hydrogens is 412 g/mol. The zero-order valence-electron chi connectivity index (χ0n) is 17.2. The highest BCUT2D eigenvalue weighted by molar-refractivity contribution is 6.30. The third kappa shape index (κ3) is 3.02. The molecule has 2 aromatic carbocycles. The van der Waals surface area contributed by atoms with E-state index in [2.05, 4.69) is 0 Å². The van der Waals surface area contributed by atoms with Gasteiger partial charge >= 0.3 is 0 Å². The molecule has 3 aliphatic rings. The number of Topliss-reactive ketones (excluding diaryl/α,β-unsaturated/α-hetero) is 1. The van der Waals surface area contributed by atoms with Crippen molar-refractivity contribution in [2.45, 2.75) is 31.8 Å². The second-order valence-corrected chi connectivity index (χ2v) is 8.80. The molecule has 6 heteroatoms. The van der Waals surface area contributed by atoms with E-state index in [4.69, 9.17) is 11.6 Å². The van der Waals surface area contributed by atoms with E-state index >= 15 is 0 Å². The van der Waals surface area contributed by atoms with Gasteiger partial charge in [0, 0.05) is 22.8 Å². The van der Waals surface area contributed by atoms with Gasteiger partial charge in [-0.15, -0.1) is 0 Å². The van der Waals surface area contributed by atoms with Crippen molar-refractivity contribution in [2.24, 2.45) is 11.8 Å². The lowest BCUT2D eigenvalue weighted by Gasteiger charge is -2.36. The van der Waals surface area contributed by atoms with Gasteiger partial charge in [0.1, 0.15) is 6.04 Å². The van der Waals surface area contributed by atoms with Crippen LogP contribution < -0.4 is 4.90 Å². The van der Waals surface area contributed by atoms with Gasteiger partial charge in [0.25, 0.3) is 0 Å². The van der Waals surface area contributed by atoms with Crippen LogP contribution in [0, 0.1) is 11.8 Å². The van der Waals surface area contributed by atoms with Gasteiger partial charge in [0.05, 0.1) is 17.9 Å². The maximum atomic E-state index is 13.7. The number of benzene rings is 2. The van der Waals surface area contributed by atoms with Crippen LogP contribution in [0.2, 0.25) is 5.02 Å². The molecule has 0 aliphatic carbocycles. The van der Waals surface area contributed by atoms with Crippen molar-refractivity contribution in [2.75, 3.05) is 11.4 Å². The fraction of sp³-hybridized carbons (Fsp3) is 0.320. The molecule has 2 fully saturated rings. The summed E-state index contributed by atoms with van der Waals surface area (Å²) in [5.41, 5.74) is 2.27. The quantitative estimate of drug-likeness (QED) is 0.522. The fourth-order valence-corrected chi connectivity index (χ4v) is 5.40. The van der Waals surface area contributed by atoms with Crippen molar-refractivity contribution < 1.29 is 14.4 Å². The average Bonchev–Trinajstić information content (AvgIpc) is 3.25. The van der Waals surface area contributed by atoms with Crippen LogP contribution in [0.3, 0.4) is 0 Å². The molecule has 3 heterocycles. The SMILES string of the molecule is CCCCN1C(=O)[C@@H]2[C@H](C1=O)[C@H]1C=Cc3cc(Cl)ccc3N1[C@@H]2C(=O)c1ccccc1. The Morgan fingerprint density at radius 2 is 1.77 bits per heavy atom. The summed E-state index contributed by atoms with van der Waals surface area (Å²) in [5, 5.41) is 0.602. The summed E-state index contributed by atoms with van der Waals surface area (Å²) in [7, 11) is 0. The summed E-state index contributed by atoms with van der Waals surface area (Å²) in [4.78, 5) is 43.9. The van der Waals surface area contributed by atoms with Crippen molar-refractivity contribution in [3.8, 4) is 0 Å². The molecule has 3 aliphatic heterocycles. The first-order chi connectivity index (χ1) is 15.0. The van der Waals surface area contributed by atoms with E-state index in [9.17, 15) is 14.4 Å². The summed E-state index contributed by atoms with van der Waals surface area (Å²) >= 11 is 6.19. The van der Waals surface area contributed by atoms with Crippen molar-refractivity contribution in [1.82, 2.24) is 4.90 Å². The van der Waals surface area contributed by atoms with Crippen LogP contribution in [0.4, 0.5) is 5.69 Å². The predicted octanol–water partition coefficient (Wildman–Crippen LogP) is 4.21. The smallest absolute Gasteiger partial charge is 0.235 e. The van der Waals surface area contributed by atoms with Gasteiger partial charge in [-0.25, -0.2) is 0 Å². The highest BCUT2D eigenvalue weighted by atomic mass is 35.5. The van der Waals surface area contributed by atoms with Crippen LogP contribution in [0.25, 0.3) is 6.08 Å². The van der Waals surface area contributed by atoms with E-state index < -0.39 is 17.9 Å². The number of carbonyl (C=O) groups excluding carboxylic acids is 3. The highest BCUT2D eigenvalue weighted by Crippen LogP contribution is 2.49. The van der Waals surface area contributed by atoms with Crippen LogP contribution in [0.1, 0.15) is 35.7 Å². The number of likely N-dealkylation sites (tertiary alicyclic amines) is 1. The summed E-state index contributed by atoms with van der Waals surface area (Å²) in [6.45, 7) is 2.44. The number of unbranched alkanes of at least 4 members (excludes halogenated alkanes) is 1. The predicted molar refractivity (Wildman–Crippen MR) is 120 cm³/mol. The van der Waals surface area contributed by atoms with Crippen LogP contribution in [-0.2, 0) is 9.59 Å². The number of amides is 2. The Bertz CT molecular complexity index is 1100. The molecule has 0 radical (unpaired) electrons. The maximum absolute atomic E-state index is 13.7. The van der Waals surface area contributed by atoms with Gasteiger partial charge in [-0.1, -0.05) is 67.4 Å². The van der Waals surface area contributed by atoms with E-state index in [1.807, 2.05) is 54.3 Å². The highest BCUT2D eigenvalue weighted by Gasteiger charge is 2.63. The molecule has 158 valence electrons. The summed E-state index contributed by atoms with van der Waals surface area (Å²) in [5.74, 6) is -1.76.